The van der Waals surface area contributed by atoms with E-state index in [4.69, 9.17) is 0 Å². The Hall–Kier alpha value is -3.33. The molecule has 32 heavy (non-hydrogen) atoms. The summed E-state index contributed by atoms with van der Waals surface area (Å²) in [5.41, 5.74) is 6.69. The van der Waals surface area contributed by atoms with Crippen LogP contribution >= 0.6 is 0 Å². The van der Waals surface area contributed by atoms with Gasteiger partial charge in [-0.25, -0.2) is 13.2 Å². The zero-order valence-electron chi connectivity index (χ0n) is 18.0. The number of benzene rings is 4. The molecule has 0 saturated carbocycles. The van der Waals surface area contributed by atoms with E-state index >= 15 is 0 Å². The number of hydrogen-bond acceptors (Lipinski definition) is 0. The molecule has 0 atom stereocenters. The highest BCUT2D eigenvalue weighted by molar-refractivity contribution is 5.73. The lowest BCUT2D eigenvalue weighted by Crippen LogP contribution is -1.91. The van der Waals surface area contributed by atoms with Gasteiger partial charge in [0.2, 0.25) is 0 Å². The molecule has 0 aliphatic heterocycles. The Bertz CT molecular complexity index is 1150. The normalized spacial score (nSPS) is 11.0. The Morgan fingerprint density at radius 2 is 0.875 bits per heavy atom. The summed E-state index contributed by atoms with van der Waals surface area (Å²) < 4.78 is 40.2. The molecule has 3 heteroatoms. The fourth-order valence-corrected chi connectivity index (χ4v) is 3.88. The second-order valence-corrected chi connectivity index (χ2v) is 8.06. The third-order valence-electron chi connectivity index (χ3n) is 5.78. The van der Waals surface area contributed by atoms with Crippen molar-refractivity contribution in [3.8, 4) is 33.4 Å². The van der Waals surface area contributed by atoms with Gasteiger partial charge in [0.05, 0.1) is 0 Å². The lowest BCUT2D eigenvalue weighted by molar-refractivity contribution is 0.448. The van der Waals surface area contributed by atoms with Gasteiger partial charge < -0.3 is 0 Å². The van der Waals surface area contributed by atoms with Crippen molar-refractivity contribution >= 4 is 0 Å². The van der Waals surface area contributed by atoms with E-state index in [0.29, 0.717) is 11.1 Å². The van der Waals surface area contributed by atoms with Crippen LogP contribution in [-0.4, -0.2) is 0 Å². The molecule has 0 aromatic heterocycles. The van der Waals surface area contributed by atoms with Crippen molar-refractivity contribution in [1.29, 1.82) is 0 Å². The molecule has 0 saturated heterocycles. The Balaban J connectivity index is 1.48. The van der Waals surface area contributed by atoms with Crippen molar-refractivity contribution in [2.75, 3.05) is 0 Å². The van der Waals surface area contributed by atoms with Gasteiger partial charge in [-0.3, -0.25) is 0 Å². The second-order valence-electron chi connectivity index (χ2n) is 8.06. The zero-order chi connectivity index (χ0) is 22.5. The molecule has 0 bridgehead atoms. The SMILES string of the molecule is CCCCCc1ccc(-c2ccc(-c3ccc(-c4cc(F)c(F)c(F)c4)cc3)cc2)cc1. The van der Waals surface area contributed by atoms with Crippen molar-refractivity contribution in [3.05, 3.63) is 108 Å². The first kappa shape index (κ1) is 21.9. The maximum absolute atomic E-state index is 13.5. The first-order valence-corrected chi connectivity index (χ1v) is 11.0. The Morgan fingerprint density at radius 3 is 1.28 bits per heavy atom. The molecule has 162 valence electrons. The fraction of sp³-hybridized carbons (Fsp3) is 0.172. The minimum atomic E-state index is -1.45. The van der Waals surface area contributed by atoms with Crippen LogP contribution in [0.25, 0.3) is 33.4 Å². The molecule has 4 aromatic rings. The molecule has 0 fully saturated rings. The third-order valence-corrected chi connectivity index (χ3v) is 5.78. The molecule has 0 radical (unpaired) electrons. The Labute approximate surface area is 187 Å². The Kier molecular flexibility index (Phi) is 6.75. The molecular formula is C29H25F3. The first-order valence-electron chi connectivity index (χ1n) is 11.0. The van der Waals surface area contributed by atoms with E-state index < -0.39 is 17.5 Å². The molecule has 0 nitrogen and oxygen atoms in total. The van der Waals surface area contributed by atoms with Crippen molar-refractivity contribution in [1.82, 2.24) is 0 Å². The lowest BCUT2D eigenvalue weighted by Gasteiger charge is -2.08. The summed E-state index contributed by atoms with van der Waals surface area (Å²) in [5.74, 6) is -3.82. The van der Waals surface area contributed by atoms with E-state index in [2.05, 4.69) is 55.5 Å². The van der Waals surface area contributed by atoms with E-state index in [1.165, 1.54) is 30.4 Å². The molecule has 0 aliphatic rings. The smallest absolute Gasteiger partial charge is 0.194 e. The first-order chi connectivity index (χ1) is 15.5. The number of halogens is 3. The van der Waals surface area contributed by atoms with E-state index in [1.54, 1.807) is 12.1 Å². The van der Waals surface area contributed by atoms with E-state index in [1.807, 2.05) is 12.1 Å². The largest absolute Gasteiger partial charge is 0.204 e. The predicted molar refractivity (Wildman–Crippen MR) is 126 cm³/mol. The predicted octanol–water partition coefficient (Wildman–Crippen LogP) is 8.84. The van der Waals surface area contributed by atoms with Gasteiger partial charge in [0, 0.05) is 0 Å². The van der Waals surface area contributed by atoms with Crippen LogP contribution < -0.4 is 0 Å². The number of hydrogen-bond donors (Lipinski definition) is 0. The molecule has 0 aliphatic carbocycles. The van der Waals surface area contributed by atoms with Crippen molar-refractivity contribution in [3.63, 3.8) is 0 Å². The topological polar surface area (TPSA) is 0 Å². The minimum absolute atomic E-state index is 0.307. The lowest BCUT2D eigenvalue weighted by atomic mass is 9.97. The molecule has 0 unspecified atom stereocenters. The van der Waals surface area contributed by atoms with Crippen LogP contribution in [0.15, 0.2) is 84.9 Å². The van der Waals surface area contributed by atoms with Crippen LogP contribution in [-0.2, 0) is 6.42 Å². The average molecular weight is 431 g/mol. The number of unbranched alkanes of at least 4 members (excludes halogenated alkanes) is 2. The van der Waals surface area contributed by atoms with E-state index in [0.717, 1.165) is 35.2 Å². The van der Waals surface area contributed by atoms with Gasteiger partial charge in [-0.15, -0.1) is 0 Å². The molecule has 4 aromatic carbocycles. The highest BCUT2D eigenvalue weighted by Gasteiger charge is 2.11. The van der Waals surface area contributed by atoms with Crippen LogP contribution in [0, 0.1) is 17.5 Å². The fourth-order valence-electron chi connectivity index (χ4n) is 3.88. The summed E-state index contributed by atoms with van der Waals surface area (Å²) in [6, 6.07) is 26.5. The average Bonchev–Trinajstić information content (AvgIpc) is 2.83. The van der Waals surface area contributed by atoms with Crippen molar-refractivity contribution in [2.24, 2.45) is 0 Å². The molecular weight excluding hydrogens is 405 g/mol. The quantitative estimate of drug-likeness (QED) is 0.203. The number of aryl methyl sites for hydroxylation is 1. The van der Waals surface area contributed by atoms with Crippen LogP contribution in [0.2, 0.25) is 0 Å². The van der Waals surface area contributed by atoms with Gasteiger partial charge in [0.25, 0.3) is 0 Å². The highest BCUT2D eigenvalue weighted by atomic mass is 19.2. The van der Waals surface area contributed by atoms with E-state index in [9.17, 15) is 13.2 Å². The number of rotatable bonds is 7. The summed E-state index contributed by atoms with van der Waals surface area (Å²) in [7, 11) is 0. The van der Waals surface area contributed by atoms with Gasteiger partial charge in [0.1, 0.15) is 0 Å². The van der Waals surface area contributed by atoms with Gasteiger partial charge in [-0.1, -0.05) is 92.6 Å². The van der Waals surface area contributed by atoms with Crippen molar-refractivity contribution in [2.45, 2.75) is 32.6 Å². The maximum atomic E-state index is 13.5. The summed E-state index contributed by atoms with van der Waals surface area (Å²) >= 11 is 0. The molecule has 0 spiro atoms. The summed E-state index contributed by atoms with van der Waals surface area (Å²) in [6.45, 7) is 2.22. The Morgan fingerprint density at radius 1 is 0.500 bits per heavy atom. The molecule has 0 amide bonds. The van der Waals surface area contributed by atoms with Gasteiger partial charge in [-0.05, 0) is 63.9 Å². The standard InChI is InChI=1S/C29H25F3/c1-2-3-4-5-20-6-8-21(9-7-20)22-10-12-23(13-11-22)24-14-16-25(17-15-24)26-18-27(30)29(32)28(31)19-26/h6-19H,2-5H2,1H3. The summed E-state index contributed by atoms with van der Waals surface area (Å²) in [5, 5.41) is 0. The van der Waals surface area contributed by atoms with Gasteiger partial charge in [-0.2, -0.15) is 0 Å². The van der Waals surface area contributed by atoms with Crippen LogP contribution in [0.1, 0.15) is 31.7 Å². The molecule has 4 rings (SSSR count). The van der Waals surface area contributed by atoms with Crippen LogP contribution in [0.5, 0.6) is 0 Å². The van der Waals surface area contributed by atoms with E-state index in [-0.39, 0.29) is 0 Å². The molecule has 0 N–H and O–H groups in total. The minimum Gasteiger partial charge on any atom is -0.204 e. The highest BCUT2D eigenvalue weighted by Crippen LogP contribution is 2.29. The monoisotopic (exact) mass is 430 g/mol. The van der Waals surface area contributed by atoms with Crippen molar-refractivity contribution < 1.29 is 13.2 Å². The second kappa shape index (κ2) is 9.86. The molecule has 0 heterocycles. The van der Waals surface area contributed by atoms with Crippen LogP contribution in [0.4, 0.5) is 13.2 Å². The summed E-state index contributed by atoms with van der Waals surface area (Å²) in [6.07, 6.45) is 4.85. The van der Waals surface area contributed by atoms with Gasteiger partial charge >= 0.3 is 0 Å². The van der Waals surface area contributed by atoms with Gasteiger partial charge in [0.15, 0.2) is 17.5 Å². The maximum Gasteiger partial charge on any atom is 0.194 e. The summed E-state index contributed by atoms with van der Waals surface area (Å²) in [4.78, 5) is 0. The third kappa shape index (κ3) is 4.94. The zero-order valence-corrected chi connectivity index (χ0v) is 18.0. The van der Waals surface area contributed by atoms with Crippen LogP contribution in [0.3, 0.4) is 0 Å².